The molecule has 0 bridgehead atoms. The van der Waals surface area contributed by atoms with Crippen LogP contribution in [0.25, 0.3) is 33.1 Å². The van der Waals surface area contributed by atoms with Crippen molar-refractivity contribution in [2.75, 3.05) is 4.90 Å². The quantitative estimate of drug-likeness (QED) is 0.341. The van der Waals surface area contributed by atoms with E-state index < -0.39 is 0 Å². The van der Waals surface area contributed by atoms with Crippen LogP contribution in [0.15, 0.2) is 101 Å². The monoisotopic (exact) mass is 377 g/mol. The fourth-order valence-corrected chi connectivity index (χ4v) is 3.80. The summed E-state index contributed by atoms with van der Waals surface area (Å²) in [6.07, 6.45) is 0. The van der Waals surface area contributed by atoms with Gasteiger partial charge in [-0.1, -0.05) is 60.7 Å². The van der Waals surface area contributed by atoms with E-state index in [1.807, 2.05) is 84.9 Å². The van der Waals surface area contributed by atoms with Gasteiger partial charge in [-0.2, -0.15) is 0 Å². The van der Waals surface area contributed by atoms with Gasteiger partial charge in [-0.3, -0.25) is 9.69 Å². The number of hydrogen-bond acceptors (Lipinski definition) is 2. The number of para-hydroxylation sites is 1. The lowest BCUT2D eigenvalue weighted by molar-refractivity contribution is -0.115. The summed E-state index contributed by atoms with van der Waals surface area (Å²) >= 11 is 0. The van der Waals surface area contributed by atoms with E-state index in [0.717, 1.165) is 44.4 Å². The molecule has 5 rings (SSSR count). The third-order valence-electron chi connectivity index (χ3n) is 5.17. The maximum Gasteiger partial charge on any atom is 0.228 e. The maximum absolute atomic E-state index is 12.5. The summed E-state index contributed by atoms with van der Waals surface area (Å²) in [4.78, 5) is 14.2. The van der Waals surface area contributed by atoms with Gasteiger partial charge in [0.05, 0.1) is 5.69 Å². The molecule has 0 saturated heterocycles. The van der Waals surface area contributed by atoms with Crippen LogP contribution in [0.5, 0.6) is 0 Å². The van der Waals surface area contributed by atoms with E-state index in [-0.39, 0.29) is 5.91 Å². The number of benzene rings is 4. The molecule has 1 aromatic heterocycles. The van der Waals surface area contributed by atoms with Gasteiger partial charge in [0, 0.05) is 29.4 Å². The van der Waals surface area contributed by atoms with Crippen LogP contribution in [0.1, 0.15) is 6.92 Å². The Morgan fingerprint density at radius 3 is 2.03 bits per heavy atom. The molecule has 3 nitrogen and oxygen atoms in total. The second-order valence-electron chi connectivity index (χ2n) is 7.05. The molecule has 0 saturated carbocycles. The summed E-state index contributed by atoms with van der Waals surface area (Å²) in [6, 6.07) is 32.1. The van der Waals surface area contributed by atoms with Crippen LogP contribution in [0.2, 0.25) is 0 Å². The van der Waals surface area contributed by atoms with Gasteiger partial charge in [-0.25, -0.2) is 0 Å². The highest BCUT2D eigenvalue weighted by Crippen LogP contribution is 2.34. The number of rotatable bonds is 3. The molecule has 29 heavy (non-hydrogen) atoms. The Morgan fingerprint density at radius 2 is 1.28 bits per heavy atom. The number of furan rings is 1. The van der Waals surface area contributed by atoms with E-state index in [1.54, 1.807) is 11.8 Å². The molecule has 5 aromatic rings. The zero-order valence-corrected chi connectivity index (χ0v) is 16.0. The topological polar surface area (TPSA) is 33.5 Å². The van der Waals surface area contributed by atoms with Gasteiger partial charge in [0.25, 0.3) is 0 Å². The minimum Gasteiger partial charge on any atom is -0.456 e. The number of amides is 1. The normalized spacial score (nSPS) is 11.1. The maximum atomic E-state index is 12.5. The zero-order valence-electron chi connectivity index (χ0n) is 16.0. The molecule has 0 N–H and O–H groups in total. The molecule has 0 aliphatic heterocycles. The van der Waals surface area contributed by atoms with Crippen molar-refractivity contribution in [3.05, 3.63) is 97.1 Å². The van der Waals surface area contributed by atoms with Crippen LogP contribution in [0, 0.1) is 0 Å². The molecule has 0 aliphatic rings. The first-order chi connectivity index (χ1) is 14.2. The predicted octanol–water partition coefficient (Wildman–Crippen LogP) is 6.94. The Bertz CT molecular complexity index is 1320. The highest BCUT2D eigenvalue weighted by atomic mass is 16.3. The van der Waals surface area contributed by atoms with E-state index >= 15 is 0 Å². The van der Waals surface area contributed by atoms with Gasteiger partial charge < -0.3 is 4.42 Å². The molecule has 1 amide bonds. The van der Waals surface area contributed by atoms with Gasteiger partial charge >= 0.3 is 0 Å². The fourth-order valence-electron chi connectivity index (χ4n) is 3.80. The van der Waals surface area contributed by atoms with Crippen LogP contribution in [-0.4, -0.2) is 5.91 Å². The van der Waals surface area contributed by atoms with Gasteiger partial charge in [0.1, 0.15) is 11.2 Å². The van der Waals surface area contributed by atoms with Gasteiger partial charge in [0.2, 0.25) is 5.91 Å². The minimum atomic E-state index is -0.0482. The smallest absolute Gasteiger partial charge is 0.228 e. The third kappa shape index (κ3) is 3.07. The minimum absolute atomic E-state index is 0.0482. The first kappa shape index (κ1) is 17.3. The predicted molar refractivity (Wildman–Crippen MR) is 118 cm³/mol. The van der Waals surface area contributed by atoms with E-state index in [1.165, 1.54) is 0 Å². The molecule has 0 aliphatic carbocycles. The van der Waals surface area contributed by atoms with E-state index in [2.05, 4.69) is 12.1 Å². The van der Waals surface area contributed by atoms with E-state index in [4.69, 9.17) is 4.42 Å². The largest absolute Gasteiger partial charge is 0.456 e. The van der Waals surface area contributed by atoms with Crippen molar-refractivity contribution < 1.29 is 9.21 Å². The second-order valence-corrected chi connectivity index (χ2v) is 7.05. The van der Waals surface area contributed by atoms with Crippen LogP contribution < -0.4 is 4.90 Å². The fraction of sp³-hybridized carbons (Fsp3) is 0.0385. The summed E-state index contributed by atoms with van der Waals surface area (Å²) < 4.78 is 6.00. The number of nitrogens with zero attached hydrogens (tertiary/aromatic N) is 1. The van der Waals surface area contributed by atoms with Crippen LogP contribution in [0.4, 0.5) is 11.4 Å². The lowest BCUT2D eigenvalue weighted by Crippen LogP contribution is -2.22. The number of carbonyl (C=O) groups excluding carboxylic acids is 1. The van der Waals surface area contributed by atoms with Crippen molar-refractivity contribution in [1.82, 2.24) is 0 Å². The highest BCUT2D eigenvalue weighted by molar-refractivity contribution is 6.07. The Labute approximate surface area is 168 Å². The van der Waals surface area contributed by atoms with Crippen molar-refractivity contribution in [3.8, 4) is 11.1 Å². The first-order valence-electron chi connectivity index (χ1n) is 9.58. The molecule has 0 unspecified atom stereocenters. The second kappa shape index (κ2) is 6.95. The summed E-state index contributed by atoms with van der Waals surface area (Å²) in [5.41, 5.74) is 5.50. The zero-order chi connectivity index (χ0) is 19.8. The molecule has 3 heteroatoms. The highest BCUT2D eigenvalue weighted by Gasteiger charge is 2.16. The van der Waals surface area contributed by atoms with Gasteiger partial charge in [-0.05, 0) is 41.5 Å². The van der Waals surface area contributed by atoms with Crippen molar-refractivity contribution in [2.24, 2.45) is 0 Å². The Balaban J connectivity index is 1.56. The standard InChI is InChI=1S/C26H19NO2/c1-18(28)27(21-13-11-20(12-14-21)19-7-3-2-4-8-19)22-15-16-24-23-9-5-6-10-25(23)29-26(24)17-22/h2-17H,1H3. The van der Waals surface area contributed by atoms with Crippen LogP contribution in [0.3, 0.4) is 0 Å². The molecule has 0 fully saturated rings. The summed E-state index contributed by atoms with van der Waals surface area (Å²) in [5.74, 6) is -0.0482. The number of fused-ring (bicyclic) bond motifs is 3. The number of carbonyl (C=O) groups is 1. The Hall–Kier alpha value is -3.85. The number of anilines is 2. The lowest BCUT2D eigenvalue weighted by atomic mass is 10.1. The van der Waals surface area contributed by atoms with E-state index in [9.17, 15) is 4.79 Å². The van der Waals surface area contributed by atoms with Crippen LogP contribution >= 0.6 is 0 Å². The molecular formula is C26H19NO2. The molecule has 0 radical (unpaired) electrons. The van der Waals surface area contributed by atoms with Crippen molar-refractivity contribution in [3.63, 3.8) is 0 Å². The summed E-state index contributed by atoms with van der Waals surface area (Å²) in [5, 5.41) is 2.13. The molecular weight excluding hydrogens is 358 g/mol. The average molecular weight is 377 g/mol. The van der Waals surface area contributed by atoms with Crippen molar-refractivity contribution in [1.29, 1.82) is 0 Å². The molecule has 4 aromatic carbocycles. The Morgan fingerprint density at radius 1 is 0.655 bits per heavy atom. The summed E-state index contributed by atoms with van der Waals surface area (Å²) in [7, 11) is 0. The summed E-state index contributed by atoms with van der Waals surface area (Å²) in [6.45, 7) is 1.58. The lowest BCUT2D eigenvalue weighted by Gasteiger charge is -2.21. The number of hydrogen-bond donors (Lipinski definition) is 0. The SMILES string of the molecule is CC(=O)N(c1ccc(-c2ccccc2)cc1)c1ccc2c(c1)oc1ccccc12. The molecule has 0 atom stereocenters. The van der Waals surface area contributed by atoms with Gasteiger partial charge in [0.15, 0.2) is 0 Å². The average Bonchev–Trinajstić information content (AvgIpc) is 3.13. The molecule has 140 valence electrons. The van der Waals surface area contributed by atoms with Crippen molar-refractivity contribution >= 4 is 39.2 Å². The van der Waals surface area contributed by atoms with Gasteiger partial charge in [-0.15, -0.1) is 0 Å². The Kier molecular flexibility index (Phi) is 4.14. The third-order valence-corrected chi connectivity index (χ3v) is 5.17. The van der Waals surface area contributed by atoms with Crippen molar-refractivity contribution in [2.45, 2.75) is 6.92 Å². The molecule has 1 heterocycles. The molecule has 0 spiro atoms. The van der Waals surface area contributed by atoms with E-state index in [0.29, 0.717) is 0 Å². The van der Waals surface area contributed by atoms with Crippen LogP contribution in [-0.2, 0) is 4.79 Å². The first-order valence-corrected chi connectivity index (χ1v) is 9.58.